The van der Waals surface area contributed by atoms with Crippen LogP contribution >= 0.6 is 15.9 Å². The van der Waals surface area contributed by atoms with Crippen molar-refractivity contribution in [1.29, 1.82) is 5.26 Å². The Bertz CT molecular complexity index is 715. The third-order valence-corrected chi connectivity index (χ3v) is 3.39. The van der Waals surface area contributed by atoms with Crippen LogP contribution < -0.4 is 5.32 Å². The van der Waals surface area contributed by atoms with Crippen molar-refractivity contribution in [3.05, 3.63) is 47.0 Å². The quantitative estimate of drug-likeness (QED) is 0.674. The first-order valence-electron chi connectivity index (χ1n) is 6.02. The standard InChI is InChI=1S/C14H11BrN4O2/c1-17-14(21)11(6-16)13(20)12-7-19(8-18-12)10-4-2-9(15)3-5-10/h2-5,7-8,11H,1H3,(H,17,21)/t11-/m1/s1. The Labute approximate surface area is 129 Å². The number of carbonyl (C=O) groups excluding carboxylic acids is 2. The third kappa shape index (κ3) is 3.17. The van der Waals surface area contributed by atoms with Gasteiger partial charge in [-0.2, -0.15) is 5.26 Å². The van der Waals surface area contributed by atoms with Crippen LogP contribution in [0.4, 0.5) is 0 Å². The van der Waals surface area contributed by atoms with Gasteiger partial charge < -0.3 is 9.88 Å². The summed E-state index contributed by atoms with van der Waals surface area (Å²) in [6.07, 6.45) is 2.97. The van der Waals surface area contributed by atoms with E-state index < -0.39 is 17.6 Å². The summed E-state index contributed by atoms with van der Waals surface area (Å²) in [5, 5.41) is 11.2. The molecule has 1 N–H and O–H groups in total. The molecule has 1 aromatic carbocycles. The van der Waals surface area contributed by atoms with Gasteiger partial charge in [-0.05, 0) is 24.3 Å². The van der Waals surface area contributed by atoms with Gasteiger partial charge in [-0.3, -0.25) is 9.59 Å². The van der Waals surface area contributed by atoms with E-state index in [4.69, 9.17) is 5.26 Å². The maximum absolute atomic E-state index is 12.1. The first-order valence-corrected chi connectivity index (χ1v) is 6.81. The molecule has 0 saturated heterocycles. The normalized spacial score (nSPS) is 11.5. The summed E-state index contributed by atoms with van der Waals surface area (Å²) in [5.41, 5.74) is 0.895. The van der Waals surface area contributed by atoms with E-state index >= 15 is 0 Å². The summed E-state index contributed by atoms with van der Waals surface area (Å²) < 4.78 is 2.59. The van der Waals surface area contributed by atoms with Crippen LogP contribution in [0.15, 0.2) is 41.3 Å². The van der Waals surface area contributed by atoms with Crippen LogP contribution in [0.25, 0.3) is 5.69 Å². The van der Waals surface area contributed by atoms with E-state index in [-0.39, 0.29) is 5.69 Å². The Balaban J connectivity index is 2.27. The molecule has 0 aliphatic carbocycles. The molecule has 0 fully saturated rings. The van der Waals surface area contributed by atoms with Gasteiger partial charge in [-0.25, -0.2) is 4.98 Å². The first-order chi connectivity index (χ1) is 10.1. The average Bonchev–Trinajstić information content (AvgIpc) is 2.98. The number of aromatic nitrogens is 2. The zero-order valence-electron chi connectivity index (χ0n) is 11.1. The van der Waals surface area contributed by atoms with Gasteiger partial charge >= 0.3 is 0 Å². The van der Waals surface area contributed by atoms with Crippen LogP contribution in [0, 0.1) is 17.2 Å². The molecular weight excluding hydrogens is 336 g/mol. The van der Waals surface area contributed by atoms with Crippen molar-refractivity contribution in [3.8, 4) is 11.8 Å². The number of ketones is 1. The van der Waals surface area contributed by atoms with Crippen LogP contribution in [0.2, 0.25) is 0 Å². The summed E-state index contributed by atoms with van der Waals surface area (Å²) in [6.45, 7) is 0. The molecule has 1 aromatic heterocycles. The Morgan fingerprint density at radius 3 is 2.62 bits per heavy atom. The lowest BCUT2D eigenvalue weighted by atomic mass is 10.0. The Morgan fingerprint density at radius 2 is 2.05 bits per heavy atom. The number of rotatable bonds is 4. The monoisotopic (exact) mass is 346 g/mol. The van der Waals surface area contributed by atoms with Gasteiger partial charge in [0.2, 0.25) is 11.7 Å². The topological polar surface area (TPSA) is 87.8 Å². The highest BCUT2D eigenvalue weighted by atomic mass is 79.9. The number of nitrogens with one attached hydrogen (secondary N) is 1. The van der Waals surface area contributed by atoms with E-state index in [1.807, 2.05) is 24.3 Å². The minimum Gasteiger partial charge on any atom is -0.358 e. The minimum atomic E-state index is -1.39. The minimum absolute atomic E-state index is 0.0769. The Hall–Kier alpha value is -2.46. The molecule has 2 rings (SSSR count). The summed E-state index contributed by atoms with van der Waals surface area (Å²) in [7, 11) is 1.38. The molecule has 1 amide bonds. The van der Waals surface area contributed by atoms with Gasteiger partial charge in [0, 0.05) is 23.4 Å². The zero-order valence-corrected chi connectivity index (χ0v) is 12.7. The fraction of sp³-hybridized carbons (Fsp3) is 0.143. The van der Waals surface area contributed by atoms with Crippen molar-refractivity contribution in [1.82, 2.24) is 14.9 Å². The summed E-state index contributed by atoms with van der Waals surface area (Å²) in [6, 6.07) is 9.11. The molecule has 0 aliphatic heterocycles. The van der Waals surface area contributed by atoms with E-state index in [1.54, 1.807) is 10.6 Å². The van der Waals surface area contributed by atoms with E-state index in [0.29, 0.717) is 0 Å². The van der Waals surface area contributed by atoms with E-state index in [0.717, 1.165) is 10.2 Å². The molecule has 1 heterocycles. The molecule has 7 heteroatoms. The number of imidazole rings is 1. The molecule has 0 radical (unpaired) electrons. The number of carbonyl (C=O) groups is 2. The molecule has 0 aliphatic rings. The SMILES string of the molecule is CNC(=O)[C@H](C#N)C(=O)c1cn(-c2ccc(Br)cc2)cn1. The molecule has 0 saturated carbocycles. The van der Waals surface area contributed by atoms with Crippen molar-refractivity contribution >= 4 is 27.6 Å². The number of nitrogens with zero attached hydrogens (tertiary/aromatic N) is 3. The highest BCUT2D eigenvalue weighted by molar-refractivity contribution is 9.10. The maximum Gasteiger partial charge on any atom is 0.245 e. The number of hydrogen-bond acceptors (Lipinski definition) is 4. The van der Waals surface area contributed by atoms with Gasteiger partial charge in [0.05, 0.1) is 6.07 Å². The predicted molar refractivity (Wildman–Crippen MR) is 78.8 cm³/mol. The molecule has 6 nitrogen and oxygen atoms in total. The summed E-state index contributed by atoms with van der Waals surface area (Å²) in [4.78, 5) is 27.6. The van der Waals surface area contributed by atoms with Gasteiger partial charge in [0.15, 0.2) is 5.92 Å². The van der Waals surface area contributed by atoms with Crippen molar-refractivity contribution in [2.24, 2.45) is 5.92 Å². The molecule has 1 atom stereocenters. The lowest BCUT2D eigenvalue weighted by molar-refractivity contribution is -0.121. The van der Waals surface area contributed by atoms with Gasteiger partial charge in [-0.1, -0.05) is 15.9 Å². The van der Waals surface area contributed by atoms with Gasteiger partial charge in [0.1, 0.15) is 12.0 Å². The highest BCUT2D eigenvalue weighted by Crippen LogP contribution is 2.15. The molecule has 0 bridgehead atoms. The predicted octanol–water partition coefficient (Wildman–Crippen LogP) is 1.70. The average molecular weight is 347 g/mol. The Morgan fingerprint density at radius 1 is 1.38 bits per heavy atom. The van der Waals surface area contributed by atoms with Crippen LogP contribution in [-0.4, -0.2) is 28.3 Å². The maximum atomic E-state index is 12.1. The number of halogens is 1. The van der Waals surface area contributed by atoms with Crippen LogP contribution in [0.5, 0.6) is 0 Å². The summed E-state index contributed by atoms with van der Waals surface area (Å²) >= 11 is 3.34. The van der Waals surface area contributed by atoms with Crippen molar-refractivity contribution in [2.45, 2.75) is 0 Å². The van der Waals surface area contributed by atoms with Crippen LogP contribution in [-0.2, 0) is 4.79 Å². The van der Waals surface area contributed by atoms with Crippen molar-refractivity contribution < 1.29 is 9.59 Å². The van der Waals surface area contributed by atoms with E-state index in [2.05, 4.69) is 26.2 Å². The van der Waals surface area contributed by atoms with E-state index in [1.165, 1.54) is 19.6 Å². The number of amides is 1. The lowest BCUT2D eigenvalue weighted by Crippen LogP contribution is -2.32. The van der Waals surface area contributed by atoms with Gasteiger partial charge in [0.25, 0.3) is 0 Å². The van der Waals surface area contributed by atoms with Gasteiger partial charge in [-0.15, -0.1) is 0 Å². The zero-order chi connectivity index (χ0) is 15.4. The molecule has 0 unspecified atom stereocenters. The smallest absolute Gasteiger partial charge is 0.245 e. The third-order valence-electron chi connectivity index (χ3n) is 2.86. The second kappa shape index (κ2) is 6.33. The summed E-state index contributed by atoms with van der Waals surface area (Å²) in [5.74, 6) is -2.64. The largest absolute Gasteiger partial charge is 0.358 e. The van der Waals surface area contributed by atoms with E-state index in [9.17, 15) is 9.59 Å². The second-order valence-electron chi connectivity index (χ2n) is 4.18. The van der Waals surface area contributed by atoms with Crippen LogP contribution in [0.1, 0.15) is 10.5 Å². The molecule has 106 valence electrons. The Kier molecular flexibility index (Phi) is 4.50. The molecule has 21 heavy (non-hydrogen) atoms. The fourth-order valence-electron chi connectivity index (χ4n) is 1.73. The number of Topliss-reactive ketones (excluding diaryl/α,β-unsaturated/α-hetero) is 1. The fourth-order valence-corrected chi connectivity index (χ4v) is 2.00. The lowest BCUT2D eigenvalue weighted by Gasteiger charge is -2.04. The highest BCUT2D eigenvalue weighted by Gasteiger charge is 2.28. The molecular formula is C14H11BrN4O2. The first kappa shape index (κ1) is 14.9. The number of nitriles is 1. The number of benzene rings is 1. The molecule has 0 spiro atoms. The molecule has 2 aromatic rings. The number of hydrogen-bond donors (Lipinski definition) is 1. The van der Waals surface area contributed by atoms with Crippen molar-refractivity contribution in [3.63, 3.8) is 0 Å². The van der Waals surface area contributed by atoms with Crippen LogP contribution in [0.3, 0.4) is 0 Å². The second-order valence-corrected chi connectivity index (χ2v) is 5.10. The van der Waals surface area contributed by atoms with Crippen molar-refractivity contribution in [2.75, 3.05) is 7.05 Å².